The van der Waals surface area contributed by atoms with Crippen LogP contribution in [-0.4, -0.2) is 57.6 Å². The van der Waals surface area contributed by atoms with Gasteiger partial charge >= 0.3 is 0 Å². The molecule has 0 spiro atoms. The smallest absolute Gasteiger partial charge is 0.273 e. The van der Waals surface area contributed by atoms with Gasteiger partial charge in [-0.25, -0.2) is 0 Å². The molecule has 0 aliphatic carbocycles. The first-order valence-electron chi connectivity index (χ1n) is 10.8. The third-order valence-corrected chi connectivity index (χ3v) is 5.46. The number of phenolic OH excluding ortho intramolecular Hbond substituents is 1. The zero-order valence-electron chi connectivity index (χ0n) is 18.2. The number of carbonyl (C=O) groups is 1. The molecule has 0 bridgehead atoms. The van der Waals surface area contributed by atoms with E-state index in [4.69, 9.17) is 9.47 Å². The van der Waals surface area contributed by atoms with Gasteiger partial charge in [0.25, 0.3) is 5.91 Å². The van der Waals surface area contributed by atoms with Gasteiger partial charge in [-0.05, 0) is 50.1 Å². The molecule has 2 aromatic carbocycles. The molecule has 3 N–H and O–H groups in total. The summed E-state index contributed by atoms with van der Waals surface area (Å²) in [7, 11) is 0. The van der Waals surface area contributed by atoms with E-state index in [0.29, 0.717) is 60.2 Å². The molecular weight excluding hydrogens is 410 g/mol. The Balaban J connectivity index is 1.86. The van der Waals surface area contributed by atoms with Gasteiger partial charge in [0, 0.05) is 24.3 Å². The largest absolute Gasteiger partial charge is 0.507 e. The third-order valence-electron chi connectivity index (χ3n) is 5.46. The molecule has 1 atom stereocenters. The molecule has 0 unspecified atom stereocenters. The predicted octanol–water partition coefficient (Wildman–Crippen LogP) is 3.51. The Bertz CT molecular complexity index is 1110. The Kier molecular flexibility index (Phi) is 6.32. The number of phenols is 1. The Morgan fingerprint density at radius 3 is 2.56 bits per heavy atom. The second kappa shape index (κ2) is 9.32. The van der Waals surface area contributed by atoms with Crippen molar-refractivity contribution in [2.45, 2.75) is 26.3 Å². The van der Waals surface area contributed by atoms with E-state index in [2.05, 4.69) is 10.2 Å². The summed E-state index contributed by atoms with van der Waals surface area (Å²) in [5.74, 6) is 1.13. The van der Waals surface area contributed by atoms with Crippen molar-refractivity contribution in [2.75, 3.05) is 26.4 Å². The van der Waals surface area contributed by atoms with E-state index >= 15 is 0 Å². The summed E-state index contributed by atoms with van der Waals surface area (Å²) < 4.78 is 11.5. The molecule has 1 aromatic heterocycles. The van der Waals surface area contributed by atoms with Crippen molar-refractivity contribution in [1.82, 2.24) is 15.1 Å². The minimum Gasteiger partial charge on any atom is -0.507 e. The van der Waals surface area contributed by atoms with Gasteiger partial charge in [-0.2, -0.15) is 5.10 Å². The number of aromatic hydroxyl groups is 1. The number of aliphatic hydroxyl groups excluding tert-OH is 1. The summed E-state index contributed by atoms with van der Waals surface area (Å²) in [6.45, 7) is 5.14. The number of ether oxygens (including phenoxy) is 2. The molecule has 0 fully saturated rings. The van der Waals surface area contributed by atoms with Gasteiger partial charge in [0.2, 0.25) is 0 Å². The molecule has 0 radical (unpaired) electrons. The fourth-order valence-electron chi connectivity index (χ4n) is 4.13. The number of carbonyl (C=O) groups excluding carboxylic acids is 1. The lowest BCUT2D eigenvalue weighted by Crippen LogP contribution is -2.31. The molecule has 3 aromatic rings. The van der Waals surface area contributed by atoms with Crippen LogP contribution in [0.25, 0.3) is 11.3 Å². The van der Waals surface area contributed by atoms with Crippen LogP contribution in [0.3, 0.4) is 0 Å². The van der Waals surface area contributed by atoms with Crippen LogP contribution in [-0.2, 0) is 0 Å². The van der Waals surface area contributed by atoms with Crippen molar-refractivity contribution in [3.05, 3.63) is 59.3 Å². The van der Waals surface area contributed by atoms with E-state index in [1.165, 1.54) is 0 Å². The molecule has 4 rings (SSSR count). The number of benzene rings is 2. The molecule has 8 heteroatoms. The fraction of sp³-hybridized carbons (Fsp3) is 0.333. The monoisotopic (exact) mass is 437 g/mol. The van der Waals surface area contributed by atoms with Crippen molar-refractivity contribution in [1.29, 1.82) is 0 Å². The van der Waals surface area contributed by atoms with E-state index in [1.807, 2.05) is 38.1 Å². The number of para-hydroxylation sites is 1. The number of hydrogen-bond acceptors (Lipinski definition) is 6. The first-order chi connectivity index (χ1) is 15.6. The molecule has 32 heavy (non-hydrogen) atoms. The first kappa shape index (κ1) is 21.7. The zero-order valence-corrected chi connectivity index (χ0v) is 18.2. The molecule has 0 saturated heterocycles. The number of fused-ring (bicyclic) bond motifs is 1. The van der Waals surface area contributed by atoms with Crippen molar-refractivity contribution < 1.29 is 24.5 Å². The maximum Gasteiger partial charge on any atom is 0.273 e. The number of rotatable bonds is 9. The van der Waals surface area contributed by atoms with E-state index in [-0.39, 0.29) is 18.3 Å². The molecule has 1 amide bonds. The number of nitrogens with zero attached hydrogens (tertiary/aromatic N) is 2. The number of aromatic amines is 1. The lowest BCUT2D eigenvalue weighted by molar-refractivity contribution is 0.0732. The van der Waals surface area contributed by atoms with E-state index in [0.717, 1.165) is 5.56 Å². The van der Waals surface area contributed by atoms with Gasteiger partial charge in [0.15, 0.2) is 11.5 Å². The quantitative estimate of drug-likeness (QED) is 0.473. The van der Waals surface area contributed by atoms with Gasteiger partial charge in [0.1, 0.15) is 17.1 Å². The summed E-state index contributed by atoms with van der Waals surface area (Å²) in [5, 5.41) is 27.1. The van der Waals surface area contributed by atoms with Crippen molar-refractivity contribution in [3.63, 3.8) is 0 Å². The number of H-pyrrole nitrogens is 1. The van der Waals surface area contributed by atoms with Crippen LogP contribution < -0.4 is 9.47 Å². The van der Waals surface area contributed by atoms with E-state index in [9.17, 15) is 15.0 Å². The first-order valence-corrected chi connectivity index (χ1v) is 10.8. The summed E-state index contributed by atoms with van der Waals surface area (Å²) in [6.07, 6.45) is 0.446. The van der Waals surface area contributed by atoms with Crippen molar-refractivity contribution in [2.24, 2.45) is 0 Å². The van der Waals surface area contributed by atoms with Crippen molar-refractivity contribution >= 4 is 5.91 Å². The Labute approximate surface area is 186 Å². The van der Waals surface area contributed by atoms with Crippen LogP contribution in [0, 0.1) is 0 Å². The van der Waals surface area contributed by atoms with Gasteiger partial charge in [-0.1, -0.05) is 18.2 Å². The van der Waals surface area contributed by atoms with Crippen LogP contribution in [0.1, 0.15) is 47.9 Å². The Hall–Kier alpha value is -3.52. The van der Waals surface area contributed by atoms with Crippen LogP contribution >= 0.6 is 0 Å². The minimum absolute atomic E-state index is 0.0253. The third kappa shape index (κ3) is 3.78. The molecule has 1 aliphatic heterocycles. The highest BCUT2D eigenvalue weighted by molar-refractivity contribution is 6.00. The average Bonchev–Trinajstić information content (AvgIpc) is 3.33. The normalized spacial score (nSPS) is 15.2. The number of aromatic nitrogens is 2. The number of aliphatic hydroxyl groups is 1. The topological polar surface area (TPSA) is 108 Å². The standard InChI is InChI=1S/C24H27N3O5/c1-3-31-18-11-10-15(14-19(18)32-4-2)23-20-21(16-8-5-6-9-17(16)29)25-26-22(20)24(30)27(23)12-7-13-28/h5-6,8-11,14,23,28-29H,3-4,7,12-13H2,1-2H3,(H,25,26)/t23-/m1/s1. The molecule has 0 saturated carbocycles. The van der Waals surface area contributed by atoms with Gasteiger partial charge in [0.05, 0.1) is 19.3 Å². The summed E-state index contributed by atoms with van der Waals surface area (Å²) in [6, 6.07) is 12.1. The summed E-state index contributed by atoms with van der Waals surface area (Å²) >= 11 is 0. The van der Waals surface area contributed by atoms with Crippen LogP contribution in [0.2, 0.25) is 0 Å². The van der Waals surface area contributed by atoms with Gasteiger partial charge in [-0.15, -0.1) is 0 Å². The van der Waals surface area contributed by atoms with Gasteiger partial charge < -0.3 is 24.6 Å². The van der Waals surface area contributed by atoms with Gasteiger partial charge in [-0.3, -0.25) is 9.89 Å². The lowest BCUT2D eigenvalue weighted by atomic mass is 9.95. The summed E-state index contributed by atoms with van der Waals surface area (Å²) in [4.78, 5) is 15.0. The number of amides is 1. The zero-order chi connectivity index (χ0) is 22.7. The highest BCUT2D eigenvalue weighted by atomic mass is 16.5. The Morgan fingerprint density at radius 2 is 1.84 bits per heavy atom. The minimum atomic E-state index is -0.452. The number of nitrogens with one attached hydrogen (secondary N) is 1. The molecular formula is C24H27N3O5. The second-order valence-electron chi connectivity index (χ2n) is 7.43. The number of hydrogen-bond donors (Lipinski definition) is 3. The average molecular weight is 437 g/mol. The lowest BCUT2D eigenvalue weighted by Gasteiger charge is -2.27. The second-order valence-corrected chi connectivity index (χ2v) is 7.43. The van der Waals surface area contributed by atoms with E-state index in [1.54, 1.807) is 23.1 Å². The fourth-order valence-corrected chi connectivity index (χ4v) is 4.13. The van der Waals surface area contributed by atoms with Crippen molar-refractivity contribution in [3.8, 4) is 28.5 Å². The molecule has 2 heterocycles. The van der Waals surface area contributed by atoms with E-state index < -0.39 is 6.04 Å². The molecule has 8 nitrogen and oxygen atoms in total. The maximum absolute atomic E-state index is 13.3. The van der Waals surface area contributed by atoms with Crippen LogP contribution in [0.5, 0.6) is 17.2 Å². The van der Waals surface area contributed by atoms with Crippen LogP contribution in [0.4, 0.5) is 0 Å². The predicted molar refractivity (Wildman–Crippen MR) is 119 cm³/mol. The summed E-state index contributed by atoms with van der Waals surface area (Å²) in [5.41, 5.74) is 2.98. The highest BCUT2D eigenvalue weighted by Gasteiger charge is 2.42. The molecule has 1 aliphatic rings. The van der Waals surface area contributed by atoms with Crippen LogP contribution in [0.15, 0.2) is 42.5 Å². The SMILES string of the molecule is CCOc1ccc([C@@H]2c3c(-c4ccccc4O)n[nH]c3C(=O)N2CCCO)cc1OCC. The molecule has 168 valence electrons. The maximum atomic E-state index is 13.3. The highest BCUT2D eigenvalue weighted by Crippen LogP contribution is 2.45. The Morgan fingerprint density at radius 1 is 1.09 bits per heavy atom.